The Labute approximate surface area is 150 Å². The van der Waals surface area contributed by atoms with Crippen LogP contribution in [0.5, 0.6) is 0 Å². The SMILES string of the molecule is Cl.NC1(c2noc(-c3cccc(-c4noc(C5CC5)n4)c3)n2)CCC1. The highest BCUT2D eigenvalue weighted by Gasteiger charge is 2.39. The van der Waals surface area contributed by atoms with Crippen LogP contribution in [-0.2, 0) is 5.54 Å². The maximum absolute atomic E-state index is 6.26. The van der Waals surface area contributed by atoms with Gasteiger partial charge in [-0.25, -0.2) is 0 Å². The molecule has 130 valence electrons. The molecule has 2 N–H and O–H groups in total. The first-order chi connectivity index (χ1) is 11.7. The Hall–Kier alpha value is -2.25. The molecule has 2 fully saturated rings. The standard InChI is InChI=1S/C17H17N5O2.ClH/c18-17(7-2-8-17)16-20-15(24-22-16)12-4-1-3-11(9-12)13-19-14(23-21-13)10-5-6-10;/h1,3-4,9-10H,2,5-8,18H2;1H. The Morgan fingerprint density at radius 3 is 2.56 bits per heavy atom. The smallest absolute Gasteiger partial charge is 0.258 e. The zero-order valence-electron chi connectivity index (χ0n) is 13.5. The Morgan fingerprint density at radius 1 is 1.04 bits per heavy atom. The zero-order chi connectivity index (χ0) is 16.1. The van der Waals surface area contributed by atoms with Crippen molar-refractivity contribution in [2.45, 2.75) is 43.6 Å². The lowest BCUT2D eigenvalue weighted by atomic mass is 9.77. The second-order valence-corrected chi connectivity index (χ2v) is 6.74. The van der Waals surface area contributed by atoms with E-state index >= 15 is 0 Å². The number of hydrogen-bond donors (Lipinski definition) is 1. The van der Waals surface area contributed by atoms with Gasteiger partial charge >= 0.3 is 0 Å². The van der Waals surface area contributed by atoms with Gasteiger partial charge in [-0.3, -0.25) is 0 Å². The number of halogens is 1. The lowest BCUT2D eigenvalue weighted by molar-refractivity contribution is 0.229. The normalized spacial score (nSPS) is 18.4. The summed E-state index contributed by atoms with van der Waals surface area (Å²) in [6, 6.07) is 7.72. The molecule has 0 aliphatic heterocycles. The van der Waals surface area contributed by atoms with Gasteiger partial charge in [-0.1, -0.05) is 22.4 Å². The first-order valence-electron chi connectivity index (χ1n) is 8.29. The first-order valence-corrected chi connectivity index (χ1v) is 8.29. The first kappa shape index (κ1) is 16.2. The van der Waals surface area contributed by atoms with Gasteiger partial charge in [-0.15, -0.1) is 12.4 Å². The second kappa shape index (κ2) is 5.93. The van der Waals surface area contributed by atoms with Crippen molar-refractivity contribution in [2.75, 3.05) is 0 Å². The summed E-state index contributed by atoms with van der Waals surface area (Å²) in [6.45, 7) is 0. The molecule has 1 aromatic carbocycles. The van der Waals surface area contributed by atoms with E-state index in [0.29, 0.717) is 23.5 Å². The molecule has 8 heteroatoms. The summed E-state index contributed by atoms with van der Waals surface area (Å²) in [5.41, 5.74) is 7.53. The van der Waals surface area contributed by atoms with Gasteiger partial charge in [-0.05, 0) is 44.2 Å². The van der Waals surface area contributed by atoms with E-state index in [9.17, 15) is 0 Å². The molecule has 0 amide bonds. The fraction of sp³-hybridized carbons (Fsp3) is 0.412. The number of aromatic nitrogens is 4. The second-order valence-electron chi connectivity index (χ2n) is 6.74. The Bertz CT molecular complexity index is 898. The van der Waals surface area contributed by atoms with E-state index < -0.39 is 5.54 Å². The van der Waals surface area contributed by atoms with Crippen LogP contribution in [0, 0.1) is 0 Å². The van der Waals surface area contributed by atoms with Crippen LogP contribution in [0.3, 0.4) is 0 Å². The van der Waals surface area contributed by atoms with Crippen LogP contribution in [0.25, 0.3) is 22.8 Å². The minimum absolute atomic E-state index is 0. The lowest BCUT2D eigenvalue weighted by Crippen LogP contribution is -2.44. The van der Waals surface area contributed by atoms with E-state index in [-0.39, 0.29) is 12.4 Å². The molecule has 25 heavy (non-hydrogen) atoms. The lowest BCUT2D eigenvalue weighted by Gasteiger charge is -2.34. The molecule has 3 aromatic rings. The largest absolute Gasteiger partial charge is 0.339 e. The molecule has 0 unspecified atom stereocenters. The predicted octanol–water partition coefficient (Wildman–Crippen LogP) is 3.42. The molecule has 5 rings (SSSR count). The third kappa shape index (κ3) is 2.83. The molecular formula is C17H18ClN5O2. The van der Waals surface area contributed by atoms with E-state index in [1.807, 2.05) is 24.3 Å². The summed E-state index contributed by atoms with van der Waals surface area (Å²) in [5, 5.41) is 8.14. The van der Waals surface area contributed by atoms with Crippen molar-refractivity contribution in [2.24, 2.45) is 5.73 Å². The Morgan fingerprint density at radius 2 is 1.84 bits per heavy atom. The molecule has 0 bridgehead atoms. The van der Waals surface area contributed by atoms with Crippen LogP contribution < -0.4 is 5.73 Å². The zero-order valence-corrected chi connectivity index (χ0v) is 14.3. The van der Waals surface area contributed by atoms with Crippen molar-refractivity contribution in [1.29, 1.82) is 0 Å². The van der Waals surface area contributed by atoms with Crippen molar-refractivity contribution in [3.8, 4) is 22.8 Å². The summed E-state index contributed by atoms with van der Waals surface area (Å²) in [7, 11) is 0. The van der Waals surface area contributed by atoms with E-state index in [1.54, 1.807) is 0 Å². The van der Waals surface area contributed by atoms with Crippen LogP contribution in [0.4, 0.5) is 0 Å². The van der Waals surface area contributed by atoms with E-state index in [4.69, 9.17) is 14.8 Å². The van der Waals surface area contributed by atoms with E-state index in [2.05, 4.69) is 20.3 Å². The van der Waals surface area contributed by atoms with Gasteiger partial charge in [0.1, 0.15) is 0 Å². The molecule has 0 atom stereocenters. The highest BCUT2D eigenvalue weighted by atomic mass is 35.5. The average molecular weight is 360 g/mol. The minimum atomic E-state index is -0.424. The van der Waals surface area contributed by atoms with Crippen LogP contribution in [0.1, 0.15) is 49.7 Å². The van der Waals surface area contributed by atoms with Crippen molar-refractivity contribution in [1.82, 2.24) is 20.3 Å². The molecule has 2 aliphatic carbocycles. The fourth-order valence-electron chi connectivity index (χ4n) is 2.96. The maximum atomic E-state index is 6.26. The molecular weight excluding hydrogens is 342 g/mol. The predicted molar refractivity (Wildman–Crippen MR) is 92.0 cm³/mol. The molecule has 0 radical (unpaired) electrons. The van der Waals surface area contributed by atoms with E-state index in [0.717, 1.165) is 49.1 Å². The topological polar surface area (TPSA) is 104 Å². The minimum Gasteiger partial charge on any atom is -0.339 e. The number of hydrogen-bond acceptors (Lipinski definition) is 7. The quantitative estimate of drug-likeness (QED) is 0.760. The summed E-state index contributed by atoms with van der Waals surface area (Å²) < 4.78 is 10.7. The maximum Gasteiger partial charge on any atom is 0.258 e. The highest BCUT2D eigenvalue weighted by Crippen LogP contribution is 2.40. The van der Waals surface area contributed by atoms with Gasteiger partial charge in [0, 0.05) is 17.0 Å². The summed E-state index contributed by atoms with van der Waals surface area (Å²) in [4.78, 5) is 8.97. The third-order valence-electron chi connectivity index (χ3n) is 4.85. The molecule has 2 heterocycles. The van der Waals surface area contributed by atoms with Crippen molar-refractivity contribution >= 4 is 12.4 Å². The molecule has 2 saturated carbocycles. The third-order valence-corrected chi connectivity index (χ3v) is 4.85. The molecule has 0 saturated heterocycles. The number of benzene rings is 1. The monoisotopic (exact) mass is 359 g/mol. The van der Waals surface area contributed by atoms with Crippen LogP contribution in [0.2, 0.25) is 0 Å². The van der Waals surface area contributed by atoms with Crippen molar-refractivity contribution in [3.63, 3.8) is 0 Å². The molecule has 2 aliphatic rings. The van der Waals surface area contributed by atoms with E-state index in [1.165, 1.54) is 0 Å². The summed E-state index contributed by atoms with van der Waals surface area (Å²) in [5.74, 6) is 2.81. The summed E-state index contributed by atoms with van der Waals surface area (Å²) >= 11 is 0. The number of rotatable bonds is 4. The van der Waals surface area contributed by atoms with Gasteiger partial charge in [-0.2, -0.15) is 9.97 Å². The van der Waals surface area contributed by atoms with Crippen LogP contribution >= 0.6 is 12.4 Å². The number of nitrogens with two attached hydrogens (primary N) is 1. The van der Waals surface area contributed by atoms with Gasteiger partial charge in [0.05, 0.1) is 5.54 Å². The average Bonchev–Trinajstić information content (AvgIpc) is 3.12. The number of nitrogens with zero attached hydrogens (tertiary/aromatic N) is 4. The Balaban J connectivity index is 0.00000157. The molecule has 2 aromatic heterocycles. The van der Waals surface area contributed by atoms with Crippen molar-refractivity contribution in [3.05, 3.63) is 36.0 Å². The van der Waals surface area contributed by atoms with Crippen LogP contribution in [-0.4, -0.2) is 20.3 Å². The molecule has 7 nitrogen and oxygen atoms in total. The van der Waals surface area contributed by atoms with Gasteiger partial charge in [0.2, 0.25) is 11.7 Å². The molecule has 0 spiro atoms. The van der Waals surface area contributed by atoms with Gasteiger partial charge in [0.25, 0.3) is 5.89 Å². The van der Waals surface area contributed by atoms with Crippen molar-refractivity contribution < 1.29 is 9.05 Å². The highest BCUT2D eigenvalue weighted by molar-refractivity contribution is 5.85. The fourth-order valence-corrected chi connectivity index (χ4v) is 2.96. The Kier molecular flexibility index (Phi) is 3.85. The van der Waals surface area contributed by atoms with Crippen LogP contribution in [0.15, 0.2) is 33.3 Å². The summed E-state index contributed by atoms with van der Waals surface area (Å²) in [6.07, 6.45) is 5.18. The van der Waals surface area contributed by atoms with Gasteiger partial charge in [0.15, 0.2) is 5.82 Å². The van der Waals surface area contributed by atoms with Gasteiger partial charge < -0.3 is 14.8 Å².